The number of anilines is 2. The number of carbonyl (C=O) groups excluding carboxylic acids is 2. The fourth-order valence-electron chi connectivity index (χ4n) is 1.75. The molecule has 0 radical (unpaired) electrons. The van der Waals surface area contributed by atoms with Gasteiger partial charge in [0.15, 0.2) is 0 Å². The number of nitrogens with one attached hydrogen (secondary N) is 3. The van der Waals surface area contributed by atoms with Gasteiger partial charge < -0.3 is 20.5 Å². The molecule has 0 aliphatic heterocycles. The predicted octanol–water partition coefficient (Wildman–Crippen LogP) is 2.85. The standard InChI is InChI=1S/C16H25N3O4/c1-5-16(4,22)10-17-14(20)18-12-8-7-9-13(11(12)3)19-15(21)23-6-2/h7-9,22H,5-6,10H2,1-4H3,(H,19,21)(H2,17,18,20). The molecule has 7 heteroatoms. The van der Waals surface area contributed by atoms with Gasteiger partial charge in [-0.25, -0.2) is 9.59 Å². The number of urea groups is 1. The molecule has 3 amide bonds. The Balaban J connectivity index is 2.70. The lowest BCUT2D eigenvalue weighted by Gasteiger charge is -2.22. The van der Waals surface area contributed by atoms with Crippen molar-refractivity contribution in [3.05, 3.63) is 23.8 Å². The second kappa shape index (κ2) is 8.38. The van der Waals surface area contributed by atoms with Crippen LogP contribution < -0.4 is 16.0 Å². The predicted molar refractivity (Wildman–Crippen MR) is 89.8 cm³/mol. The van der Waals surface area contributed by atoms with Crippen molar-refractivity contribution in [2.75, 3.05) is 23.8 Å². The van der Waals surface area contributed by atoms with Crippen molar-refractivity contribution in [2.24, 2.45) is 0 Å². The topological polar surface area (TPSA) is 99.7 Å². The summed E-state index contributed by atoms with van der Waals surface area (Å²) in [7, 11) is 0. The highest BCUT2D eigenvalue weighted by Crippen LogP contribution is 2.23. The van der Waals surface area contributed by atoms with Gasteiger partial charge in [-0.1, -0.05) is 13.0 Å². The lowest BCUT2D eigenvalue weighted by atomic mass is 10.0. The van der Waals surface area contributed by atoms with E-state index in [0.29, 0.717) is 23.4 Å². The maximum absolute atomic E-state index is 11.9. The van der Waals surface area contributed by atoms with E-state index < -0.39 is 17.7 Å². The van der Waals surface area contributed by atoms with Crippen molar-refractivity contribution in [2.45, 2.75) is 39.7 Å². The number of benzene rings is 1. The molecule has 0 aromatic heterocycles. The van der Waals surface area contributed by atoms with E-state index in [0.717, 1.165) is 0 Å². The monoisotopic (exact) mass is 323 g/mol. The summed E-state index contributed by atoms with van der Waals surface area (Å²) in [4.78, 5) is 23.4. The van der Waals surface area contributed by atoms with Crippen LogP contribution in [0.5, 0.6) is 0 Å². The first-order chi connectivity index (χ1) is 10.8. The highest BCUT2D eigenvalue weighted by molar-refractivity contribution is 5.93. The number of hydrogen-bond acceptors (Lipinski definition) is 4. The van der Waals surface area contributed by atoms with Gasteiger partial charge in [-0.05, 0) is 44.9 Å². The van der Waals surface area contributed by atoms with Crippen LogP contribution in [0.2, 0.25) is 0 Å². The number of carbonyl (C=O) groups is 2. The first-order valence-electron chi connectivity index (χ1n) is 7.59. The molecule has 1 atom stereocenters. The van der Waals surface area contributed by atoms with Gasteiger partial charge in [0.25, 0.3) is 0 Å². The fourth-order valence-corrected chi connectivity index (χ4v) is 1.75. The largest absolute Gasteiger partial charge is 0.450 e. The molecule has 0 saturated heterocycles. The molecule has 0 aliphatic carbocycles. The Morgan fingerprint density at radius 2 is 1.83 bits per heavy atom. The zero-order valence-electron chi connectivity index (χ0n) is 14.0. The van der Waals surface area contributed by atoms with Crippen molar-refractivity contribution in [3.63, 3.8) is 0 Å². The normalized spacial score (nSPS) is 12.9. The lowest BCUT2D eigenvalue weighted by molar-refractivity contribution is 0.0587. The van der Waals surface area contributed by atoms with Gasteiger partial charge in [0.1, 0.15) is 0 Å². The molecule has 23 heavy (non-hydrogen) atoms. The summed E-state index contributed by atoms with van der Waals surface area (Å²) in [6, 6.07) is 4.74. The van der Waals surface area contributed by atoms with Crippen LogP contribution in [0.15, 0.2) is 18.2 Å². The molecule has 0 saturated carbocycles. The summed E-state index contributed by atoms with van der Waals surface area (Å²) in [6.07, 6.45) is -0.0122. The van der Waals surface area contributed by atoms with Crippen LogP contribution in [-0.2, 0) is 4.74 Å². The van der Waals surface area contributed by atoms with Gasteiger partial charge in [0, 0.05) is 17.9 Å². The third-order valence-electron chi connectivity index (χ3n) is 3.49. The van der Waals surface area contributed by atoms with Crippen LogP contribution >= 0.6 is 0 Å². The Bertz CT molecular complexity index is 558. The molecule has 7 nitrogen and oxygen atoms in total. The number of hydrogen-bond donors (Lipinski definition) is 4. The quantitative estimate of drug-likeness (QED) is 0.647. The minimum absolute atomic E-state index is 0.148. The number of aliphatic hydroxyl groups is 1. The lowest BCUT2D eigenvalue weighted by Crippen LogP contribution is -2.41. The van der Waals surface area contributed by atoms with E-state index in [1.807, 2.05) is 6.92 Å². The van der Waals surface area contributed by atoms with Crippen molar-refractivity contribution < 1.29 is 19.4 Å². The van der Waals surface area contributed by atoms with E-state index in [4.69, 9.17) is 4.74 Å². The molecule has 1 rings (SSSR count). The smallest absolute Gasteiger partial charge is 0.411 e. The van der Waals surface area contributed by atoms with E-state index in [9.17, 15) is 14.7 Å². The van der Waals surface area contributed by atoms with Crippen LogP contribution in [0.4, 0.5) is 21.0 Å². The Morgan fingerprint density at radius 1 is 1.22 bits per heavy atom. The minimum atomic E-state index is -0.945. The first kappa shape index (κ1) is 18.8. The molecule has 0 bridgehead atoms. The van der Waals surface area contributed by atoms with Crippen molar-refractivity contribution in [3.8, 4) is 0 Å². The molecule has 0 aliphatic rings. The zero-order chi connectivity index (χ0) is 17.5. The van der Waals surface area contributed by atoms with E-state index in [1.54, 1.807) is 39.0 Å². The Morgan fingerprint density at radius 3 is 2.39 bits per heavy atom. The SMILES string of the molecule is CCOC(=O)Nc1cccc(NC(=O)NCC(C)(O)CC)c1C. The average molecular weight is 323 g/mol. The molecule has 1 aromatic rings. The summed E-state index contributed by atoms with van der Waals surface area (Å²) in [6.45, 7) is 7.42. The summed E-state index contributed by atoms with van der Waals surface area (Å²) in [5.41, 5.74) is 0.882. The second-order valence-electron chi connectivity index (χ2n) is 5.48. The molecule has 1 unspecified atom stereocenters. The number of ether oxygens (including phenoxy) is 1. The zero-order valence-corrected chi connectivity index (χ0v) is 14.0. The average Bonchev–Trinajstić information content (AvgIpc) is 2.50. The third kappa shape index (κ3) is 6.15. The van der Waals surface area contributed by atoms with Crippen LogP contribution in [0.3, 0.4) is 0 Å². The molecule has 4 N–H and O–H groups in total. The van der Waals surface area contributed by atoms with Gasteiger partial charge in [-0.3, -0.25) is 5.32 Å². The highest BCUT2D eigenvalue weighted by Gasteiger charge is 2.18. The second-order valence-corrected chi connectivity index (χ2v) is 5.48. The summed E-state index contributed by atoms with van der Waals surface area (Å²) < 4.78 is 4.83. The van der Waals surface area contributed by atoms with Gasteiger partial charge in [0.2, 0.25) is 0 Å². The van der Waals surface area contributed by atoms with Crippen molar-refractivity contribution in [1.29, 1.82) is 0 Å². The summed E-state index contributed by atoms with van der Waals surface area (Å²) in [5.74, 6) is 0. The highest BCUT2D eigenvalue weighted by atomic mass is 16.5. The number of amides is 3. The maximum Gasteiger partial charge on any atom is 0.411 e. The Hall–Kier alpha value is -2.28. The van der Waals surface area contributed by atoms with Crippen LogP contribution in [0, 0.1) is 6.92 Å². The van der Waals surface area contributed by atoms with Gasteiger partial charge >= 0.3 is 12.1 Å². The Kier molecular flexibility index (Phi) is 6.84. The van der Waals surface area contributed by atoms with Crippen molar-refractivity contribution >= 4 is 23.5 Å². The maximum atomic E-state index is 11.9. The first-order valence-corrected chi connectivity index (χ1v) is 7.59. The van der Waals surface area contributed by atoms with E-state index in [2.05, 4.69) is 16.0 Å². The van der Waals surface area contributed by atoms with Crippen LogP contribution in [0.25, 0.3) is 0 Å². The molecule has 0 spiro atoms. The van der Waals surface area contributed by atoms with E-state index >= 15 is 0 Å². The minimum Gasteiger partial charge on any atom is -0.450 e. The molecule has 128 valence electrons. The number of rotatable bonds is 6. The molecule has 0 heterocycles. The van der Waals surface area contributed by atoms with E-state index in [-0.39, 0.29) is 13.2 Å². The van der Waals surface area contributed by atoms with Crippen LogP contribution in [0.1, 0.15) is 32.8 Å². The van der Waals surface area contributed by atoms with E-state index in [1.165, 1.54) is 0 Å². The summed E-state index contributed by atoms with van der Waals surface area (Å²) >= 11 is 0. The molecule has 1 aromatic carbocycles. The van der Waals surface area contributed by atoms with Gasteiger partial charge in [-0.2, -0.15) is 0 Å². The van der Waals surface area contributed by atoms with Gasteiger partial charge in [0.05, 0.1) is 12.2 Å². The van der Waals surface area contributed by atoms with Crippen molar-refractivity contribution in [1.82, 2.24) is 5.32 Å². The fraction of sp³-hybridized carbons (Fsp3) is 0.500. The molecular weight excluding hydrogens is 298 g/mol. The van der Waals surface area contributed by atoms with Gasteiger partial charge in [-0.15, -0.1) is 0 Å². The third-order valence-corrected chi connectivity index (χ3v) is 3.49. The Labute approximate surface area is 136 Å². The molecule has 0 fully saturated rings. The summed E-state index contributed by atoms with van der Waals surface area (Å²) in [5, 5.41) is 17.8. The molecular formula is C16H25N3O4. The van der Waals surface area contributed by atoms with Crippen LogP contribution in [-0.4, -0.2) is 36.0 Å².